The van der Waals surface area contributed by atoms with Gasteiger partial charge in [0.1, 0.15) is 11.6 Å². The maximum absolute atomic E-state index is 14.7. The van der Waals surface area contributed by atoms with E-state index in [9.17, 15) is 9.18 Å². The second-order valence-electron chi connectivity index (χ2n) is 7.66. The molecule has 0 bridgehead atoms. The van der Waals surface area contributed by atoms with Gasteiger partial charge in [0, 0.05) is 18.8 Å². The van der Waals surface area contributed by atoms with Crippen molar-refractivity contribution in [3.05, 3.63) is 103 Å². The molecule has 2 N–H and O–H groups in total. The first-order valence-electron chi connectivity index (χ1n) is 10.6. The first-order chi connectivity index (χ1) is 16.0. The molecule has 4 rings (SSSR count). The predicted molar refractivity (Wildman–Crippen MR) is 129 cm³/mol. The Morgan fingerprint density at radius 2 is 1.73 bits per heavy atom. The van der Waals surface area contributed by atoms with E-state index in [1.54, 1.807) is 24.4 Å². The van der Waals surface area contributed by atoms with Gasteiger partial charge in [-0.1, -0.05) is 36.4 Å². The Bertz CT molecular complexity index is 1260. The summed E-state index contributed by atoms with van der Waals surface area (Å²) in [5.41, 5.74) is 3.40. The van der Waals surface area contributed by atoms with Gasteiger partial charge >= 0.3 is 0 Å². The normalized spacial score (nSPS) is 11.5. The van der Waals surface area contributed by atoms with Gasteiger partial charge in [-0.05, 0) is 72.1 Å². The van der Waals surface area contributed by atoms with Crippen LogP contribution in [0.4, 0.5) is 15.9 Å². The van der Waals surface area contributed by atoms with Crippen LogP contribution in [0.5, 0.6) is 11.5 Å². The maximum Gasteiger partial charge on any atom is 0.221 e. The fourth-order valence-corrected chi connectivity index (χ4v) is 3.46. The van der Waals surface area contributed by atoms with Crippen LogP contribution >= 0.6 is 0 Å². The molecule has 1 heterocycles. The zero-order chi connectivity index (χ0) is 23.2. The number of carbonyl (C=O) groups is 1. The number of carbonyl (C=O) groups excluding carboxylic acids is 1. The molecule has 6 heteroatoms. The lowest BCUT2D eigenvalue weighted by Gasteiger charge is -2.17. The van der Waals surface area contributed by atoms with Gasteiger partial charge in [-0.25, -0.2) is 9.37 Å². The van der Waals surface area contributed by atoms with Gasteiger partial charge in [-0.3, -0.25) is 4.79 Å². The van der Waals surface area contributed by atoms with Crippen LogP contribution in [0, 0.1) is 5.82 Å². The highest BCUT2D eigenvalue weighted by molar-refractivity contribution is 5.89. The Morgan fingerprint density at radius 1 is 0.939 bits per heavy atom. The summed E-state index contributed by atoms with van der Waals surface area (Å²) >= 11 is 0. The Morgan fingerprint density at radius 3 is 2.48 bits per heavy atom. The minimum Gasteiger partial charge on any atom is -0.454 e. The molecule has 1 amide bonds. The number of pyridine rings is 1. The molecule has 4 aromatic rings. The molecule has 0 spiro atoms. The minimum atomic E-state index is -0.429. The molecule has 33 heavy (non-hydrogen) atoms. The van der Waals surface area contributed by atoms with Crippen molar-refractivity contribution < 1.29 is 13.9 Å². The van der Waals surface area contributed by atoms with Gasteiger partial charge in [0.25, 0.3) is 0 Å². The summed E-state index contributed by atoms with van der Waals surface area (Å²) in [5, 5.41) is 6.12. The molecule has 0 fully saturated rings. The second kappa shape index (κ2) is 9.96. The lowest BCUT2D eigenvalue weighted by atomic mass is 10.1. The van der Waals surface area contributed by atoms with Crippen LogP contribution in [0.25, 0.3) is 11.1 Å². The Balaban J connectivity index is 1.48. The molecule has 5 nitrogen and oxygen atoms in total. The average molecular weight is 442 g/mol. The third kappa shape index (κ3) is 5.74. The summed E-state index contributed by atoms with van der Waals surface area (Å²) in [4.78, 5) is 15.7. The summed E-state index contributed by atoms with van der Waals surface area (Å²) in [7, 11) is 0. The van der Waals surface area contributed by atoms with Gasteiger partial charge in [0.15, 0.2) is 11.6 Å². The third-order valence-corrected chi connectivity index (χ3v) is 5.07. The molecule has 0 saturated heterocycles. The fourth-order valence-electron chi connectivity index (χ4n) is 3.46. The molecule has 0 aliphatic carbocycles. The third-order valence-electron chi connectivity index (χ3n) is 5.07. The molecule has 0 aliphatic rings. The topological polar surface area (TPSA) is 63.2 Å². The Hall–Kier alpha value is -4.19. The lowest BCUT2D eigenvalue weighted by Crippen LogP contribution is -2.08. The van der Waals surface area contributed by atoms with Crippen LogP contribution in [-0.2, 0) is 4.79 Å². The average Bonchev–Trinajstić information content (AvgIpc) is 2.81. The summed E-state index contributed by atoms with van der Waals surface area (Å²) < 4.78 is 20.3. The van der Waals surface area contributed by atoms with Crippen LogP contribution in [0.15, 0.2) is 91.1 Å². The van der Waals surface area contributed by atoms with Crippen LogP contribution in [0.3, 0.4) is 0 Å². The molecule has 0 saturated carbocycles. The van der Waals surface area contributed by atoms with E-state index in [0.717, 1.165) is 22.4 Å². The van der Waals surface area contributed by atoms with Gasteiger partial charge in [-0.2, -0.15) is 0 Å². The molecular formula is C27H24FN3O2. The highest BCUT2D eigenvalue weighted by Gasteiger charge is 2.12. The van der Waals surface area contributed by atoms with E-state index >= 15 is 0 Å². The van der Waals surface area contributed by atoms with Gasteiger partial charge < -0.3 is 15.4 Å². The van der Waals surface area contributed by atoms with Crippen molar-refractivity contribution in [2.45, 2.75) is 19.9 Å². The number of para-hydroxylation sites is 1. The SMILES string of the molecule is CC(=O)Nc1cccc(-c2ccnc(N[C@@H](C)c3ccc(Oc4ccccc4)c(F)c3)c2)c1. The predicted octanol–water partition coefficient (Wildman–Crippen LogP) is 6.81. The highest BCUT2D eigenvalue weighted by Crippen LogP contribution is 2.29. The molecule has 0 unspecified atom stereocenters. The van der Waals surface area contributed by atoms with Crippen molar-refractivity contribution >= 4 is 17.4 Å². The summed E-state index contributed by atoms with van der Waals surface area (Å²) in [6, 6.07) is 25.3. The molecule has 0 aliphatic heterocycles. The quantitative estimate of drug-likeness (QED) is 0.331. The zero-order valence-electron chi connectivity index (χ0n) is 18.4. The van der Waals surface area contributed by atoms with Gasteiger partial charge in [0.2, 0.25) is 5.91 Å². The van der Waals surface area contributed by atoms with Gasteiger partial charge in [-0.15, -0.1) is 0 Å². The van der Waals surface area contributed by atoms with Crippen molar-refractivity contribution in [3.8, 4) is 22.6 Å². The van der Waals surface area contributed by atoms with E-state index in [4.69, 9.17) is 4.74 Å². The molecule has 166 valence electrons. The van der Waals surface area contributed by atoms with Crippen LogP contribution < -0.4 is 15.4 Å². The van der Waals surface area contributed by atoms with E-state index in [1.165, 1.54) is 13.0 Å². The number of hydrogen-bond acceptors (Lipinski definition) is 4. The molecule has 0 radical (unpaired) electrons. The van der Waals surface area contributed by atoms with Crippen molar-refractivity contribution in [2.24, 2.45) is 0 Å². The smallest absolute Gasteiger partial charge is 0.221 e. The summed E-state index contributed by atoms with van der Waals surface area (Å²) in [6.07, 6.45) is 1.72. The van der Waals surface area contributed by atoms with Crippen LogP contribution in [0.1, 0.15) is 25.5 Å². The minimum absolute atomic E-state index is 0.120. The fraction of sp³-hybridized carbons (Fsp3) is 0.111. The van der Waals surface area contributed by atoms with E-state index in [-0.39, 0.29) is 17.7 Å². The number of nitrogens with one attached hydrogen (secondary N) is 2. The van der Waals surface area contributed by atoms with Crippen LogP contribution in [-0.4, -0.2) is 10.9 Å². The molecule has 1 aromatic heterocycles. The van der Waals surface area contributed by atoms with Gasteiger partial charge in [0.05, 0.1) is 6.04 Å². The summed E-state index contributed by atoms with van der Waals surface area (Å²) in [6.45, 7) is 3.42. The number of aromatic nitrogens is 1. The van der Waals surface area contributed by atoms with Crippen molar-refractivity contribution in [1.29, 1.82) is 0 Å². The molecule has 1 atom stereocenters. The highest BCUT2D eigenvalue weighted by atomic mass is 19.1. The number of nitrogens with zero attached hydrogens (tertiary/aromatic N) is 1. The van der Waals surface area contributed by atoms with E-state index < -0.39 is 5.82 Å². The van der Waals surface area contributed by atoms with Crippen molar-refractivity contribution in [1.82, 2.24) is 4.98 Å². The monoisotopic (exact) mass is 441 g/mol. The largest absolute Gasteiger partial charge is 0.454 e. The van der Waals surface area contributed by atoms with Crippen LogP contribution in [0.2, 0.25) is 0 Å². The lowest BCUT2D eigenvalue weighted by molar-refractivity contribution is -0.114. The number of amides is 1. The van der Waals surface area contributed by atoms with Crippen molar-refractivity contribution in [3.63, 3.8) is 0 Å². The summed E-state index contributed by atoms with van der Waals surface area (Å²) in [5.74, 6) is 0.872. The Kier molecular flexibility index (Phi) is 6.64. The second-order valence-corrected chi connectivity index (χ2v) is 7.66. The van der Waals surface area contributed by atoms with E-state index in [0.29, 0.717) is 11.6 Å². The number of halogens is 1. The first-order valence-corrected chi connectivity index (χ1v) is 10.6. The maximum atomic E-state index is 14.7. The number of hydrogen-bond donors (Lipinski definition) is 2. The first kappa shape index (κ1) is 22.0. The standard InChI is InChI=1S/C27H24FN3O2/c1-18(20-11-12-26(25(28)16-20)33-24-9-4-3-5-10-24)30-27-17-22(13-14-29-27)21-7-6-8-23(15-21)31-19(2)32/h3-18H,1-2H3,(H,29,30)(H,31,32)/t18-/m0/s1. The molecular weight excluding hydrogens is 417 g/mol. The van der Waals surface area contributed by atoms with Crippen molar-refractivity contribution in [2.75, 3.05) is 10.6 Å². The number of anilines is 2. The number of ether oxygens (including phenoxy) is 1. The number of benzene rings is 3. The number of rotatable bonds is 7. The van der Waals surface area contributed by atoms with E-state index in [1.807, 2.05) is 67.6 Å². The molecule has 3 aromatic carbocycles. The zero-order valence-corrected chi connectivity index (χ0v) is 18.4. The van der Waals surface area contributed by atoms with E-state index in [2.05, 4.69) is 15.6 Å². The Labute approximate surface area is 192 Å².